The lowest BCUT2D eigenvalue weighted by atomic mass is 9.71. The Bertz CT molecular complexity index is 1100. The Morgan fingerprint density at radius 3 is 2.30 bits per heavy atom. The average Bonchev–Trinajstić information content (AvgIpc) is 3.29. The van der Waals surface area contributed by atoms with Crippen LogP contribution in [-0.4, -0.2) is 43.6 Å². The summed E-state index contributed by atoms with van der Waals surface area (Å²) in [5.41, 5.74) is 0.452. The SMILES string of the molecule is CC(C)(C)[Si](C)(C)OC1CC2CC(C(=O)c3ccc(C#N)cc3)(c3ccccc3)C(=O)N2C1. The van der Waals surface area contributed by atoms with E-state index in [0.717, 1.165) is 12.0 Å². The van der Waals surface area contributed by atoms with Crippen molar-refractivity contribution in [2.75, 3.05) is 6.54 Å². The van der Waals surface area contributed by atoms with Crippen molar-refractivity contribution in [1.29, 1.82) is 5.26 Å². The van der Waals surface area contributed by atoms with Gasteiger partial charge in [0.25, 0.3) is 0 Å². The Labute approximate surface area is 197 Å². The number of benzene rings is 2. The van der Waals surface area contributed by atoms with Crippen molar-refractivity contribution < 1.29 is 14.0 Å². The molecule has 3 unspecified atom stereocenters. The number of ketones is 1. The molecular weight excluding hydrogens is 428 g/mol. The van der Waals surface area contributed by atoms with Gasteiger partial charge in [-0.2, -0.15) is 5.26 Å². The van der Waals surface area contributed by atoms with E-state index >= 15 is 0 Å². The second-order valence-corrected chi connectivity index (χ2v) is 15.6. The number of hydrogen-bond acceptors (Lipinski definition) is 4. The van der Waals surface area contributed by atoms with E-state index < -0.39 is 13.7 Å². The van der Waals surface area contributed by atoms with Crippen LogP contribution in [0.15, 0.2) is 54.6 Å². The summed E-state index contributed by atoms with van der Waals surface area (Å²) in [6.45, 7) is 11.7. The molecule has 2 aromatic rings. The third-order valence-corrected chi connectivity index (χ3v) is 12.3. The highest BCUT2D eigenvalue weighted by Crippen LogP contribution is 2.47. The number of fused-ring (bicyclic) bond motifs is 1. The van der Waals surface area contributed by atoms with Gasteiger partial charge in [0.15, 0.2) is 14.1 Å². The van der Waals surface area contributed by atoms with Gasteiger partial charge >= 0.3 is 0 Å². The first-order chi connectivity index (χ1) is 15.5. The fourth-order valence-corrected chi connectivity index (χ4v) is 6.27. The molecule has 2 aliphatic heterocycles. The van der Waals surface area contributed by atoms with E-state index in [1.807, 2.05) is 35.2 Å². The minimum absolute atomic E-state index is 0.0126. The first-order valence-electron chi connectivity index (χ1n) is 11.6. The quantitative estimate of drug-likeness (QED) is 0.355. The van der Waals surface area contributed by atoms with Crippen molar-refractivity contribution in [3.05, 3.63) is 71.3 Å². The van der Waals surface area contributed by atoms with Gasteiger partial charge in [-0.15, -0.1) is 0 Å². The summed E-state index contributed by atoms with van der Waals surface area (Å²) in [7, 11) is -1.95. The van der Waals surface area contributed by atoms with Crippen molar-refractivity contribution in [2.45, 2.75) is 69.3 Å². The highest BCUT2D eigenvalue weighted by molar-refractivity contribution is 6.74. The Balaban J connectivity index is 1.65. The molecule has 2 heterocycles. The zero-order valence-electron chi connectivity index (χ0n) is 20.1. The number of carbonyl (C=O) groups is 2. The van der Waals surface area contributed by atoms with Gasteiger partial charge in [-0.3, -0.25) is 9.59 Å². The molecule has 0 spiro atoms. The Morgan fingerprint density at radius 1 is 1.12 bits per heavy atom. The van der Waals surface area contributed by atoms with E-state index in [1.54, 1.807) is 24.3 Å². The lowest BCUT2D eigenvalue weighted by Gasteiger charge is -2.38. The summed E-state index contributed by atoms with van der Waals surface area (Å²) in [5, 5.41) is 9.21. The zero-order chi connectivity index (χ0) is 24.0. The van der Waals surface area contributed by atoms with E-state index in [9.17, 15) is 9.59 Å². The highest BCUT2D eigenvalue weighted by atomic mass is 28.4. The smallest absolute Gasteiger partial charge is 0.241 e. The van der Waals surface area contributed by atoms with E-state index in [2.05, 4.69) is 39.9 Å². The first kappa shape index (κ1) is 23.4. The number of carbonyl (C=O) groups excluding carboxylic acids is 2. The molecule has 33 heavy (non-hydrogen) atoms. The van der Waals surface area contributed by atoms with Gasteiger partial charge in [-0.05, 0) is 48.7 Å². The lowest BCUT2D eigenvalue weighted by molar-refractivity contribution is -0.131. The summed E-state index contributed by atoms with van der Waals surface area (Å²) in [6.07, 6.45) is 1.22. The molecule has 0 bridgehead atoms. The number of Topliss-reactive ketones (excluding diaryl/α,β-unsaturated/α-hetero) is 1. The van der Waals surface area contributed by atoms with Crippen molar-refractivity contribution in [3.8, 4) is 6.07 Å². The monoisotopic (exact) mass is 460 g/mol. The van der Waals surface area contributed by atoms with Crippen molar-refractivity contribution in [1.82, 2.24) is 4.90 Å². The molecule has 0 N–H and O–H groups in total. The second-order valence-electron chi connectivity index (χ2n) is 10.8. The van der Waals surface area contributed by atoms with Gasteiger partial charge in [-0.25, -0.2) is 0 Å². The summed E-state index contributed by atoms with van der Waals surface area (Å²) in [5.74, 6) is -0.325. The Morgan fingerprint density at radius 2 is 1.76 bits per heavy atom. The molecule has 0 radical (unpaired) electrons. The summed E-state index contributed by atoms with van der Waals surface area (Å²) in [4.78, 5) is 29.7. The van der Waals surface area contributed by atoms with Gasteiger partial charge < -0.3 is 9.33 Å². The van der Waals surface area contributed by atoms with Crippen molar-refractivity contribution >= 4 is 20.0 Å². The fraction of sp³-hybridized carbons (Fsp3) is 0.444. The molecule has 1 amide bonds. The van der Waals surface area contributed by atoms with Crippen LogP contribution < -0.4 is 0 Å². The molecule has 3 atom stereocenters. The van der Waals surface area contributed by atoms with Crippen LogP contribution in [0.5, 0.6) is 0 Å². The van der Waals surface area contributed by atoms with E-state index in [4.69, 9.17) is 9.69 Å². The summed E-state index contributed by atoms with van der Waals surface area (Å²) in [6, 6.07) is 18.1. The van der Waals surface area contributed by atoms with Gasteiger partial charge in [0.1, 0.15) is 5.41 Å². The molecule has 2 aromatic carbocycles. The van der Waals surface area contributed by atoms with Crippen LogP contribution in [-0.2, 0) is 14.6 Å². The number of hydrogen-bond donors (Lipinski definition) is 0. The van der Waals surface area contributed by atoms with Crippen LogP contribution in [0.1, 0.15) is 55.1 Å². The Kier molecular flexibility index (Phi) is 5.84. The number of amides is 1. The minimum atomic E-state index is -1.95. The molecule has 0 aliphatic carbocycles. The predicted molar refractivity (Wildman–Crippen MR) is 130 cm³/mol. The van der Waals surface area contributed by atoms with Gasteiger partial charge in [0.05, 0.1) is 17.7 Å². The minimum Gasteiger partial charge on any atom is -0.412 e. The summed E-state index contributed by atoms with van der Waals surface area (Å²) < 4.78 is 6.62. The third-order valence-electron chi connectivity index (χ3n) is 7.74. The molecular formula is C27H32N2O3Si. The molecule has 0 saturated carbocycles. The molecule has 2 saturated heterocycles. The topological polar surface area (TPSA) is 70.4 Å². The predicted octanol–water partition coefficient (Wildman–Crippen LogP) is 5.07. The van der Waals surface area contributed by atoms with Crippen LogP contribution in [0.4, 0.5) is 0 Å². The number of nitriles is 1. The molecule has 6 heteroatoms. The van der Waals surface area contributed by atoms with Crippen LogP contribution in [0.25, 0.3) is 0 Å². The van der Waals surface area contributed by atoms with Crippen molar-refractivity contribution in [2.24, 2.45) is 0 Å². The van der Waals surface area contributed by atoms with Crippen LogP contribution in [0, 0.1) is 11.3 Å². The molecule has 4 rings (SSSR count). The van der Waals surface area contributed by atoms with Gasteiger partial charge in [0, 0.05) is 18.2 Å². The first-order valence-corrected chi connectivity index (χ1v) is 14.5. The average molecular weight is 461 g/mol. The highest BCUT2D eigenvalue weighted by Gasteiger charge is 2.60. The molecule has 172 valence electrons. The maximum atomic E-state index is 14.0. The van der Waals surface area contributed by atoms with Crippen molar-refractivity contribution in [3.63, 3.8) is 0 Å². The maximum Gasteiger partial charge on any atom is 0.241 e. The normalized spacial score (nSPS) is 25.1. The summed E-state index contributed by atoms with van der Waals surface area (Å²) >= 11 is 0. The van der Waals surface area contributed by atoms with E-state index in [-0.39, 0.29) is 28.9 Å². The largest absolute Gasteiger partial charge is 0.412 e. The zero-order valence-corrected chi connectivity index (χ0v) is 21.1. The molecule has 2 aliphatic rings. The van der Waals surface area contributed by atoms with Crippen LogP contribution >= 0.6 is 0 Å². The Hall–Kier alpha value is -2.75. The van der Waals surface area contributed by atoms with Gasteiger partial charge in [0.2, 0.25) is 5.91 Å². The van der Waals surface area contributed by atoms with Crippen LogP contribution in [0.3, 0.4) is 0 Å². The van der Waals surface area contributed by atoms with Crippen LogP contribution in [0.2, 0.25) is 18.1 Å². The third kappa shape index (κ3) is 3.94. The molecule has 0 aromatic heterocycles. The maximum absolute atomic E-state index is 14.0. The second kappa shape index (κ2) is 8.23. The standard InChI is InChI=1S/C27H32N2O3Si/c1-26(2,3)33(4,5)32-23-15-22-16-27(25(31)29(22)18-23,21-9-7-6-8-10-21)24(30)20-13-11-19(17-28)12-14-20/h6-14,22-23H,15-16,18H2,1-5H3. The number of rotatable bonds is 5. The van der Waals surface area contributed by atoms with E-state index in [0.29, 0.717) is 24.1 Å². The number of nitrogens with zero attached hydrogens (tertiary/aromatic N) is 2. The van der Waals surface area contributed by atoms with Gasteiger partial charge in [-0.1, -0.05) is 63.2 Å². The lowest BCUT2D eigenvalue weighted by Crippen LogP contribution is -2.47. The fourth-order valence-electron chi connectivity index (χ4n) is 4.91. The van der Waals surface area contributed by atoms with E-state index in [1.165, 1.54) is 0 Å². The molecule has 5 nitrogen and oxygen atoms in total. The molecule has 2 fully saturated rings.